The van der Waals surface area contributed by atoms with E-state index in [1.807, 2.05) is 0 Å². The summed E-state index contributed by atoms with van der Waals surface area (Å²) in [5, 5.41) is 22.0. The molecule has 3 rings (SSSR count). The van der Waals surface area contributed by atoms with E-state index in [2.05, 4.69) is 15.5 Å². The third-order valence-corrected chi connectivity index (χ3v) is 4.64. The first-order valence-electron chi connectivity index (χ1n) is 8.92. The van der Waals surface area contributed by atoms with Crippen LogP contribution >= 0.6 is 0 Å². The number of amides is 1. The highest BCUT2D eigenvalue weighted by Gasteiger charge is 2.22. The van der Waals surface area contributed by atoms with Crippen LogP contribution in [0.2, 0.25) is 0 Å². The van der Waals surface area contributed by atoms with Crippen LogP contribution in [0.5, 0.6) is 0 Å². The predicted octanol–water partition coefficient (Wildman–Crippen LogP) is 2.23. The lowest BCUT2D eigenvalue weighted by Crippen LogP contribution is -2.16. The summed E-state index contributed by atoms with van der Waals surface area (Å²) in [7, 11) is 2.82. The number of hydrogen-bond acceptors (Lipinski definition) is 7. The zero-order chi connectivity index (χ0) is 22.0. The fraction of sp³-hybridized carbons (Fsp3) is 0.263. The van der Waals surface area contributed by atoms with Crippen LogP contribution in [-0.4, -0.2) is 43.5 Å². The number of methoxy groups -OCH3 is 1. The summed E-state index contributed by atoms with van der Waals surface area (Å²) in [6.45, 7) is 3.57. The lowest BCUT2D eigenvalue weighted by molar-refractivity contribution is -0.386. The van der Waals surface area contributed by atoms with Gasteiger partial charge in [0.15, 0.2) is 5.69 Å². The van der Waals surface area contributed by atoms with Crippen molar-refractivity contribution < 1.29 is 19.2 Å². The Balaban J connectivity index is 1.75. The number of carbonyl (C=O) groups is 2. The SMILES string of the molecule is COC(=O)c1c(NC(=O)c2ccc(Cn3nc(C)c([N+](=O)[O-])c3C)cc2)cnn1C. The van der Waals surface area contributed by atoms with E-state index in [9.17, 15) is 19.7 Å². The van der Waals surface area contributed by atoms with Crippen molar-refractivity contribution in [2.24, 2.45) is 7.05 Å². The second-order valence-electron chi connectivity index (χ2n) is 6.61. The summed E-state index contributed by atoms with van der Waals surface area (Å²) < 4.78 is 7.58. The number of nitro groups is 1. The maximum atomic E-state index is 12.5. The molecule has 0 aliphatic rings. The third kappa shape index (κ3) is 3.90. The number of anilines is 1. The summed E-state index contributed by atoms with van der Waals surface area (Å²) in [6.07, 6.45) is 1.37. The largest absolute Gasteiger partial charge is 0.464 e. The molecule has 2 heterocycles. The average molecular weight is 412 g/mol. The maximum absolute atomic E-state index is 12.5. The van der Waals surface area contributed by atoms with Crippen molar-refractivity contribution in [3.63, 3.8) is 0 Å². The number of aromatic nitrogens is 4. The lowest BCUT2D eigenvalue weighted by Gasteiger charge is -2.08. The molecular formula is C19H20N6O5. The highest BCUT2D eigenvalue weighted by atomic mass is 16.6. The van der Waals surface area contributed by atoms with E-state index in [1.165, 1.54) is 18.0 Å². The van der Waals surface area contributed by atoms with Gasteiger partial charge in [0.2, 0.25) is 0 Å². The summed E-state index contributed by atoms with van der Waals surface area (Å²) >= 11 is 0. The van der Waals surface area contributed by atoms with Crippen molar-refractivity contribution in [2.75, 3.05) is 12.4 Å². The molecule has 0 atom stereocenters. The van der Waals surface area contributed by atoms with Gasteiger partial charge >= 0.3 is 11.7 Å². The van der Waals surface area contributed by atoms with Gasteiger partial charge < -0.3 is 10.1 Å². The molecule has 1 amide bonds. The van der Waals surface area contributed by atoms with Gasteiger partial charge in [0.25, 0.3) is 5.91 Å². The fourth-order valence-electron chi connectivity index (χ4n) is 3.10. The number of nitrogens with zero attached hydrogens (tertiary/aromatic N) is 5. The molecule has 1 N–H and O–H groups in total. The normalized spacial score (nSPS) is 10.7. The molecule has 1 aromatic carbocycles. The summed E-state index contributed by atoms with van der Waals surface area (Å²) in [4.78, 5) is 35.1. The van der Waals surface area contributed by atoms with Crippen molar-refractivity contribution >= 4 is 23.3 Å². The smallest absolute Gasteiger partial charge is 0.358 e. The number of ether oxygens (including phenoxy) is 1. The Morgan fingerprint density at radius 2 is 1.90 bits per heavy atom. The molecule has 0 unspecified atom stereocenters. The second kappa shape index (κ2) is 8.15. The molecule has 2 aromatic heterocycles. The van der Waals surface area contributed by atoms with E-state index in [-0.39, 0.29) is 17.1 Å². The number of hydrogen-bond donors (Lipinski definition) is 1. The minimum absolute atomic E-state index is 0.00359. The Kier molecular flexibility index (Phi) is 5.63. The number of esters is 1. The van der Waals surface area contributed by atoms with Crippen LogP contribution in [0.15, 0.2) is 30.5 Å². The first-order valence-corrected chi connectivity index (χ1v) is 8.92. The molecule has 0 saturated carbocycles. The van der Waals surface area contributed by atoms with Gasteiger partial charge in [0.05, 0.1) is 30.5 Å². The van der Waals surface area contributed by atoms with Crippen LogP contribution in [0.1, 0.15) is 37.8 Å². The van der Waals surface area contributed by atoms with Crippen molar-refractivity contribution in [3.05, 3.63) is 68.8 Å². The average Bonchev–Trinajstić information content (AvgIpc) is 3.20. The van der Waals surface area contributed by atoms with Crippen LogP contribution in [0.25, 0.3) is 0 Å². The quantitative estimate of drug-likeness (QED) is 0.373. The molecule has 0 aliphatic heterocycles. The van der Waals surface area contributed by atoms with Crippen molar-refractivity contribution in [1.29, 1.82) is 0 Å². The van der Waals surface area contributed by atoms with Crippen LogP contribution in [-0.2, 0) is 18.3 Å². The third-order valence-electron chi connectivity index (χ3n) is 4.64. The highest BCUT2D eigenvalue weighted by molar-refractivity contribution is 6.07. The molecule has 11 nitrogen and oxygen atoms in total. The molecule has 11 heteroatoms. The lowest BCUT2D eigenvalue weighted by atomic mass is 10.1. The standard InChI is InChI=1S/C19H20N6O5/c1-11-16(25(28)29)12(2)24(22-11)10-13-5-7-14(8-6-13)18(26)21-15-9-20-23(3)17(15)19(27)30-4/h5-9H,10H2,1-4H3,(H,21,26). The van der Waals surface area contributed by atoms with E-state index in [0.29, 0.717) is 23.5 Å². The minimum atomic E-state index is -0.611. The minimum Gasteiger partial charge on any atom is -0.464 e. The Hall–Kier alpha value is -4.02. The molecular weight excluding hydrogens is 392 g/mol. The Morgan fingerprint density at radius 3 is 2.47 bits per heavy atom. The number of nitrogens with one attached hydrogen (secondary N) is 1. The number of aryl methyl sites for hydroxylation is 2. The fourth-order valence-corrected chi connectivity index (χ4v) is 3.10. The van der Waals surface area contributed by atoms with Gasteiger partial charge in [0, 0.05) is 12.6 Å². The van der Waals surface area contributed by atoms with E-state index < -0.39 is 16.8 Å². The van der Waals surface area contributed by atoms with Crippen LogP contribution in [0, 0.1) is 24.0 Å². The summed E-state index contributed by atoms with van der Waals surface area (Å²) in [5.74, 6) is -1.03. The Labute approximate surface area is 171 Å². The molecule has 3 aromatic rings. The van der Waals surface area contributed by atoms with Crippen molar-refractivity contribution in [2.45, 2.75) is 20.4 Å². The number of benzene rings is 1. The molecule has 0 radical (unpaired) electrons. The van der Waals surface area contributed by atoms with E-state index >= 15 is 0 Å². The van der Waals surface area contributed by atoms with E-state index in [1.54, 1.807) is 49.8 Å². The zero-order valence-corrected chi connectivity index (χ0v) is 16.9. The molecule has 0 aliphatic carbocycles. The van der Waals surface area contributed by atoms with Gasteiger partial charge in [-0.05, 0) is 31.5 Å². The van der Waals surface area contributed by atoms with Crippen LogP contribution in [0.3, 0.4) is 0 Å². The number of carbonyl (C=O) groups excluding carboxylic acids is 2. The molecule has 0 saturated heterocycles. The molecule has 156 valence electrons. The Bertz CT molecular complexity index is 1130. The zero-order valence-electron chi connectivity index (χ0n) is 16.9. The molecule has 30 heavy (non-hydrogen) atoms. The van der Waals surface area contributed by atoms with Gasteiger partial charge in [-0.1, -0.05) is 12.1 Å². The van der Waals surface area contributed by atoms with Gasteiger partial charge in [-0.15, -0.1) is 0 Å². The molecule has 0 spiro atoms. The molecule has 0 fully saturated rings. The predicted molar refractivity (Wildman–Crippen MR) is 106 cm³/mol. The summed E-state index contributed by atoms with van der Waals surface area (Å²) in [5.41, 5.74) is 2.39. The Morgan fingerprint density at radius 1 is 1.23 bits per heavy atom. The van der Waals surface area contributed by atoms with E-state index in [4.69, 9.17) is 4.74 Å². The topological polar surface area (TPSA) is 134 Å². The van der Waals surface area contributed by atoms with Crippen LogP contribution in [0.4, 0.5) is 11.4 Å². The first kappa shape index (κ1) is 20.7. The van der Waals surface area contributed by atoms with E-state index in [0.717, 1.165) is 5.56 Å². The van der Waals surface area contributed by atoms with Gasteiger partial charge in [-0.2, -0.15) is 10.2 Å². The monoisotopic (exact) mass is 412 g/mol. The van der Waals surface area contributed by atoms with Gasteiger partial charge in [-0.25, -0.2) is 4.79 Å². The maximum Gasteiger partial charge on any atom is 0.358 e. The van der Waals surface area contributed by atoms with Crippen molar-refractivity contribution in [1.82, 2.24) is 19.6 Å². The van der Waals surface area contributed by atoms with Crippen molar-refractivity contribution in [3.8, 4) is 0 Å². The number of rotatable bonds is 6. The second-order valence-corrected chi connectivity index (χ2v) is 6.61. The van der Waals surface area contributed by atoms with Gasteiger partial charge in [-0.3, -0.25) is 24.3 Å². The molecule has 0 bridgehead atoms. The van der Waals surface area contributed by atoms with Crippen LogP contribution < -0.4 is 5.32 Å². The summed E-state index contributed by atoms with van der Waals surface area (Å²) in [6, 6.07) is 6.72. The first-order chi connectivity index (χ1) is 14.2. The highest BCUT2D eigenvalue weighted by Crippen LogP contribution is 2.23. The van der Waals surface area contributed by atoms with Gasteiger partial charge in [0.1, 0.15) is 11.4 Å².